The van der Waals surface area contributed by atoms with E-state index >= 15 is 0 Å². The predicted octanol–water partition coefficient (Wildman–Crippen LogP) is 1.11. The van der Waals surface area contributed by atoms with Gasteiger partial charge in [0.25, 0.3) is 0 Å². The van der Waals surface area contributed by atoms with Crippen LogP contribution in [0.15, 0.2) is 0 Å². The van der Waals surface area contributed by atoms with Gasteiger partial charge in [-0.15, -0.1) is 0 Å². The summed E-state index contributed by atoms with van der Waals surface area (Å²) >= 11 is 0. The molecule has 0 aliphatic carbocycles. The van der Waals surface area contributed by atoms with Crippen molar-refractivity contribution in [2.45, 2.75) is 62.7 Å². The molecule has 0 aromatic rings. The van der Waals surface area contributed by atoms with Gasteiger partial charge in [-0.25, -0.2) is 0 Å². The van der Waals surface area contributed by atoms with Crippen LogP contribution in [0, 0.1) is 0 Å². The van der Waals surface area contributed by atoms with Crippen LogP contribution >= 0.6 is 0 Å². The summed E-state index contributed by atoms with van der Waals surface area (Å²) in [5, 5.41) is 3.84. The molecule has 3 heterocycles. The summed E-state index contributed by atoms with van der Waals surface area (Å²) in [4.78, 5) is 2.59. The maximum absolute atomic E-state index is 11.3. The summed E-state index contributed by atoms with van der Waals surface area (Å²) in [5.74, 6) is 1.83. The highest BCUT2D eigenvalue weighted by Gasteiger charge is 2.38. The average Bonchev–Trinajstić information content (AvgIpc) is 2.55. The van der Waals surface area contributed by atoms with E-state index in [2.05, 4.69) is 17.3 Å². The van der Waals surface area contributed by atoms with Crippen molar-refractivity contribution in [2.24, 2.45) is 0 Å². The molecule has 3 aliphatic rings. The summed E-state index contributed by atoms with van der Waals surface area (Å²) in [6.07, 6.45) is 7.68. The van der Waals surface area contributed by atoms with E-state index in [-0.39, 0.29) is 0 Å². The molecule has 0 amide bonds. The van der Waals surface area contributed by atoms with Crippen LogP contribution in [0.3, 0.4) is 0 Å². The molecule has 1 N–H and O–H groups in total. The van der Waals surface area contributed by atoms with Crippen LogP contribution in [0.1, 0.15) is 38.5 Å². The Morgan fingerprint density at radius 2 is 1.59 bits per heavy atom. The first-order valence-electron chi connectivity index (χ1n) is 7.05. The Hall–Kier alpha value is 0.0700. The highest BCUT2D eigenvalue weighted by molar-refractivity contribution is 7.85. The number of nitrogens with one attached hydrogen (secondary N) is 1. The van der Waals surface area contributed by atoms with Gasteiger partial charge in [-0.3, -0.25) is 4.21 Å². The summed E-state index contributed by atoms with van der Waals surface area (Å²) in [5.41, 5.74) is 0. The van der Waals surface area contributed by atoms with E-state index < -0.39 is 10.8 Å². The quantitative estimate of drug-likeness (QED) is 0.803. The molecule has 0 radical (unpaired) electrons. The summed E-state index contributed by atoms with van der Waals surface area (Å²) in [6.45, 7) is 0. The summed E-state index contributed by atoms with van der Waals surface area (Å²) < 4.78 is 11.3. The molecule has 2 unspecified atom stereocenters. The number of hydrogen-bond acceptors (Lipinski definition) is 3. The Kier molecular flexibility index (Phi) is 3.55. The first-order valence-corrected chi connectivity index (χ1v) is 8.54. The number of fused-ring (bicyclic) bond motifs is 2. The molecule has 4 heteroatoms. The third-order valence-electron chi connectivity index (χ3n) is 4.96. The highest BCUT2D eigenvalue weighted by Crippen LogP contribution is 2.34. The fraction of sp³-hybridized carbons (Fsp3) is 1.00. The average molecular weight is 256 g/mol. The van der Waals surface area contributed by atoms with Gasteiger partial charge < -0.3 is 10.2 Å². The van der Waals surface area contributed by atoms with Crippen LogP contribution in [0.5, 0.6) is 0 Å². The molecule has 3 aliphatic heterocycles. The third kappa shape index (κ3) is 2.59. The van der Waals surface area contributed by atoms with Crippen molar-refractivity contribution >= 4 is 10.8 Å². The van der Waals surface area contributed by atoms with Gasteiger partial charge in [0, 0.05) is 46.5 Å². The molecule has 0 spiro atoms. The normalized spacial score (nSPS) is 47.2. The van der Waals surface area contributed by atoms with Gasteiger partial charge in [-0.2, -0.15) is 0 Å². The fourth-order valence-electron chi connectivity index (χ4n) is 3.84. The number of nitrogens with zero attached hydrogens (tertiary/aromatic N) is 1. The van der Waals surface area contributed by atoms with Gasteiger partial charge in [0.15, 0.2) is 0 Å². The van der Waals surface area contributed by atoms with Crippen LogP contribution in [0.25, 0.3) is 0 Å². The van der Waals surface area contributed by atoms with Gasteiger partial charge in [0.1, 0.15) is 0 Å². The van der Waals surface area contributed by atoms with Crippen molar-refractivity contribution in [2.75, 3.05) is 18.6 Å². The lowest BCUT2D eigenvalue weighted by atomic mass is 9.96. The topological polar surface area (TPSA) is 32.3 Å². The van der Waals surface area contributed by atoms with E-state index in [0.29, 0.717) is 6.04 Å². The van der Waals surface area contributed by atoms with E-state index in [1.165, 1.54) is 25.7 Å². The smallest absolute Gasteiger partial charge is 0.0249 e. The zero-order valence-electron chi connectivity index (χ0n) is 10.7. The Morgan fingerprint density at radius 3 is 2.18 bits per heavy atom. The summed E-state index contributed by atoms with van der Waals surface area (Å²) in [7, 11) is 1.77. The van der Waals surface area contributed by atoms with E-state index in [1.54, 1.807) is 0 Å². The number of rotatable bonds is 2. The van der Waals surface area contributed by atoms with Crippen molar-refractivity contribution in [3.05, 3.63) is 0 Å². The Labute approximate surface area is 107 Å². The first-order chi connectivity index (χ1) is 8.22. The van der Waals surface area contributed by atoms with Gasteiger partial charge in [-0.1, -0.05) is 0 Å². The second-order valence-electron chi connectivity index (χ2n) is 6.01. The molecule has 0 saturated carbocycles. The molecule has 2 bridgehead atoms. The lowest BCUT2D eigenvalue weighted by Crippen LogP contribution is -2.51. The van der Waals surface area contributed by atoms with Crippen molar-refractivity contribution < 1.29 is 4.21 Å². The second kappa shape index (κ2) is 4.98. The van der Waals surface area contributed by atoms with Crippen molar-refractivity contribution in [1.82, 2.24) is 10.2 Å². The predicted molar refractivity (Wildman–Crippen MR) is 71.6 cm³/mol. The zero-order valence-corrected chi connectivity index (χ0v) is 11.5. The van der Waals surface area contributed by atoms with Gasteiger partial charge in [-0.05, 0) is 45.6 Å². The van der Waals surface area contributed by atoms with Crippen LogP contribution < -0.4 is 5.32 Å². The summed E-state index contributed by atoms with van der Waals surface area (Å²) in [6, 6.07) is 3.01. The van der Waals surface area contributed by atoms with Crippen molar-refractivity contribution in [1.29, 1.82) is 0 Å². The maximum Gasteiger partial charge on any atom is 0.0249 e. The Bertz CT molecular complexity index is 286. The maximum atomic E-state index is 11.3. The monoisotopic (exact) mass is 256 g/mol. The molecule has 17 heavy (non-hydrogen) atoms. The highest BCUT2D eigenvalue weighted by atomic mass is 32.2. The molecular weight excluding hydrogens is 232 g/mol. The molecule has 0 aromatic carbocycles. The molecule has 98 valence electrons. The van der Waals surface area contributed by atoms with Crippen LogP contribution in [-0.2, 0) is 10.8 Å². The van der Waals surface area contributed by atoms with Gasteiger partial charge in [0.2, 0.25) is 0 Å². The second-order valence-corrected chi connectivity index (χ2v) is 7.70. The minimum absolute atomic E-state index is 0.523. The van der Waals surface area contributed by atoms with Crippen LogP contribution in [-0.4, -0.2) is 51.8 Å². The number of hydrogen-bond donors (Lipinski definition) is 1. The van der Waals surface area contributed by atoms with Crippen molar-refractivity contribution in [3.8, 4) is 0 Å². The fourth-order valence-corrected chi connectivity index (χ4v) is 5.14. The van der Waals surface area contributed by atoms with Gasteiger partial charge >= 0.3 is 0 Å². The standard InChI is InChI=1S/C13H24N2OS/c1-15-12-2-3-13(15)9-11(8-12)14-10-4-6-17(16)7-5-10/h10-14H,2-9H2,1H3. The Balaban J connectivity index is 1.52. The van der Waals surface area contributed by atoms with Crippen molar-refractivity contribution in [3.63, 3.8) is 0 Å². The van der Waals surface area contributed by atoms with E-state index in [0.717, 1.165) is 42.5 Å². The molecule has 0 aromatic heterocycles. The number of piperidine rings is 1. The van der Waals surface area contributed by atoms with Crippen LogP contribution in [0.4, 0.5) is 0 Å². The first kappa shape index (κ1) is 12.1. The largest absolute Gasteiger partial charge is 0.311 e. The van der Waals surface area contributed by atoms with Gasteiger partial charge in [0.05, 0.1) is 0 Å². The SMILES string of the molecule is CN1C2CCC1CC(NC1CCS(=O)CC1)C2. The molecule has 3 nitrogen and oxygen atoms in total. The van der Waals surface area contributed by atoms with Crippen LogP contribution in [0.2, 0.25) is 0 Å². The lowest BCUT2D eigenvalue weighted by Gasteiger charge is -2.39. The molecule has 2 atom stereocenters. The molecule has 3 fully saturated rings. The lowest BCUT2D eigenvalue weighted by molar-refractivity contribution is 0.142. The third-order valence-corrected chi connectivity index (χ3v) is 6.34. The van der Waals surface area contributed by atoms with E-state index in [9.17, 15) is 4.21 Å². The Morgan fingerprint density at radius 1 is 1.00 bits per heavy atom. The minimum atomic E-state index is -0.523. The molecular formula is C13H24N2OS. The van der Waals surface area contributed by atoms with E-state index in [4.69, 9.17) is 0 Å². The zero-order chi connectivity index (χ0) is 11.8. The molecule has 3 rings (SSSR count). The molecule has 3 saturated heterocycles. The van der Waals surface area contributed by atoms with E-state index in [1.807, 2.05) is 0 Å². The minimum Gasteiger partial charge on any atom is -0.311 e.